The van der Waals surface area contributed by atoms with Crippen molar-refractivity contribution in [3.63, 3.8) is 0 Å². The summed E-state index contributed by atoms with van der Waals surface area (Å²) in [5.41, 5.74) is 0.805. The zero-order valence-electron chi connectivity index (χ0n) is 7.02. The zero-order chi connectivity index (χ0) is 9.26. The fourth-order valence-electron chi connectivity index (χ4n) is 1.40. The molecule has 3 heteroatoms. The average Bonchev–Trinajstić information content (AvgIpc) is 2.62. The molecule has 1 nitrogen and oxygen atoms in total. The molecule has 0 unspecified atom stereocenters. The van der Waals surface area contributed by atoms with Crippen molar-refractivity contribution in [1.29, 1.82) is 0 Å². The summed E-state index contributed by atoms with van der Waals surface area (Å²) in [6.45, 7) is 0.736. The molecule has 0 aliphatic carbocycles. The van der Waals surface area contributed by atoms with Gasteiger partial charge in [0.2, 0.25) is 0 Å². The van der Waals surface area contributed by atoms with E-state index in [0.717, 1.165) is 31.1 Å². The Kier molecular flexibility index (Phi) is 2.51. The minimum atomic E-state index is -0.387. The van der Waals surface area contributed by atoms with Crippen molar-refractivity contribution in [3.05, 3.63) is 40.7 Å². The lowest BCUT2D eigenvalue weighted by Gasteiger charge is -2.08. The summed E-state index contributed by atoms with van der Waals surface area (Å²) in [6, 6.07) is 4.76. The molecule has 1 fully saturated rings. The molecule has 13 heavy (non-hydrogen) atoms. The molecule has 1 radical (unpaired) electrons. The number of rotatable bonds is 1. The highest BCUT2D eigenvalue weighted by atomic mass is 35.5. The van der Waals surface area contributed by atoms with Crippen molar-refractivity contribution in [2.45, 2.75) is 12.8 Å². The van der Waals surface area contributed by atoms with E-state index < -0.39 is 0 Å². The molecule has 0 spiro atoms. The first kappa shape index (κ1) is 8.97. The van der Waals surface area contributed by atoms with Crippen LogP contribution in [-0.2, 0) is 4.74 Å². The highest BCUT2D eigenvalue weighted by Crippen LogP contribution is 2.29. The van der Waals surface area contributed by atoms with E-state index in [0.29, 0.717) is 0 Å². The average molecular weight is 200 g/mol. The summed E-state index contributed by atoms with van der Waals surface area (Å²) in [5.74, 6) is -0.387. The quantitative estimate of drug-likeness (QED) is 0.675. The van der Waals surface area contributed by atoms with Crippen molar-refractivity contribution in [2.24, 2.45) is 0 Å². The summed E-state index contributed by atoms with van der Waals surface area (Å²) in [5, 5.41) is 0.155. The van der Waals surface area contributed by atoms with E-state index >= 15 is 0 Å². The van der Waals surface area contributed by atoms with E-state index in [1.807, 2.05) is 0 Å². The van der Waals surface area contributed by atoms with Crippen molar-refractivity contribution in [3.8, 4) is 0 Å². The van der Waals surface area contributed by atoms with Crippen molar-refractivity contribution in [2.75, 3.05) is 6.61 Å². The lowest BCUT2D eigenvalue weighted by molar-refractivity contribution is 0.216. The van der Waals surface area contributed by atoms with Crippen molar-refractivity contribution in [1.82, 2.24) is 0 Å². The Morgan fingerprint density at radius 2 is 2.23 bits per heavy atom. The zero-order valence-corrected chi connectivity index (χ0v) is 7.77. The standard InChI is InChI=1S/C10H9ClFO/c11-8-4-3-7(6-9(8)12)10-2-1-5-13-10/h3-4,6H,1-2,5H2. The van der Waals surface area contributed by atoms with Gasteiger partial charge in [-0.15, -0.1) is 0 Å². The van der Waals surface area contributed by atoms with Crippen LogP contribution in [0, 0.1) is 11.9 Å². The van der Waals surface area contributed by atoms with E-state index in [1.165, 1.54) is 6.07 Å². The molecule has 0 atom stereocenters. The molecule has 1 saturated heterocycles. The van der Waals surface area contributed by atoms with E-state index in [-0.39, 0.29) is 10.8 Å². The lowest BCUT2D eigenvalue weighted by atomic mass is 10.1. The molecule has 1 aromatic rings. The normalized spacial score (nSPS) is 18.0. The Hall–Kier alpha value is -0.600. The predicted molar refractivity (Wildman–Crippen MR) is 48.9 cm³/mol. The molecule has 1 aliphatic rings. The van der Waals surface area contributed by atoms with Crippen LogP contribution in [0.5, 0.6) is 0 Å². The van der Waals surface area contributed by atoms with Crippen LogP contribution in [0.2, 0.25) is 5.02 Å². The SMILES string of the molecule is Fc1cc([C]2CCCO2)ccc1Cl. The molecule has 1 heterocycles. The smallest absolute Gasteiger partial charge is 0.142 e. The first-order chi connectivity index (χ1) is 6.27. The maximum absolute atomic E-state index is 13.0. The fraction of sp³-hybridized carbons (Fsp3) is 0.300. The second kappa shape index (κ2) is 3.64. The molecule has 69 valence electrons. The van der Waals surface area contributed by atoms with Gasteiger partial charge in [0, 0.05) is 6.61 Å². The van der Waals surface area contributed by atoms with Crippen molar-refractivity contribution >= 4 is 11.6 Å². The molecule has 0 bridgehead atoms. The number of halogens is 2. The molecule has 2 rings (SSSR count). The van der Waals surface area contributed by atoms with Crippen molar-refractivity contribution < 1.29 is 9.13 Å². The summed E-state index contributed by atoms with van der Waals surface area (Å²) >= 11 is 5.56. The number of hydrogen-bond acceptors (Lipinski definition) is 1. The van der Waals surface area contributed by atoms with Gasteiger partial charge >= 0.3 is 0 Å². The fourth-order valence-corrected chi connectivity index (χ4v) is 1.52. The predicted octanol–water partition coefficient (Wildman–Crippen LogP) is 3.17. The summed E-state index contributed by atoms with van der Waals surface area (Å²) in [4.78, 5) is 0. The minimum Gasteiger partial charge on any atom is -0.367 e. The Morgan fingerprint density at radius 1 is 1.38 bits per heavy atom. The molecular formula is C10H9ClFO. The number of ether oxygens (including phenoxy) is 1. The minimum absolute atomic E-state index is 0.155. The molecule has 0 aromatic heterocycles. The van der Waals surface area contributed by atoms with E-state index in [2.05, 4.69) is 0 Å². The van der Waals surface area contributed by atoms with Crippen LogP contribution in [0.15, 0.2) is 18.2 Å². The third-order valence-electron chi connectivity index (χ3n) is 2.07. The van der Waals surface area contributed by atoms with Crippen LogP contribution in [-0.4, -0.2) is 6.61 Å². The Morgan fingerprint density at radius 3 is 2.85 bits per heavy atom. The monoisotopic (exact) mass is 199 g/mol. The van der Waals surface area contributed by atoms with Crippen LogP contribution < -0.4 is 0 Å². The van der Waals surface area contributed by atoms with Gasteiger partial charge in [0.15, 0.2) is 0 Å². The molecule has 0 amide bonds. The third-order valence-corrected chi connectivity index (χ3v) is 2.37. The molecule has 0 N–H and O–H groups in total. The molecular weight excluding hydrogens is 191 g/mol. The largest absolute Gasteiger partial charge is 0.367 e. The van der Waals surface area contributed by atoms with Gasteiger partial charge in [-0.1, -0.05) is 17.7 Å². The van der Waals surface area contributed by atoms with Crippen LogP contribution >= 0.6 is 11.6 Å². The first-order valence-corrected chi connectivity index (χ1v) is 4.59. The van der Waals surface area contributed by atoms with E-state index in [4.69, 9.17) is 16.3 Å². The molecule has 1 aliphatic heterocycles. The topological polar surface area (TPSA) is 9.23 Å². The van der Waals surface area contributed by atoms with Gasteiger partial charge in [0.25, 0.3) is 0 Å². The maximum Gasteiger partial charge on any atom is 0.142 e. The van der Waals surface area contributed by atoms with Crippen LogP contribution in [0.3, 0.4) is 0 Å². The van der Waals surface area contributed by atoms with Gasteiger partial charge in [-0.05, 0) is 30.5 Å². The van der Waals surface area contributed by atoms with Gasteiger partial charge in [-0.2, -0.15) is 0 Å². The van der Waals surface area contributed by atoms with Gasteiger partial charge < -0.3 is 4.74 Å². The Labute approximate surface area is 81.5 Å². The Balaban J connectivity index is 2.25. The van der Waals surface area contributed by atoms with Gasteiger partial charge in [0.05, 0.1) is 5.02 Å². The molecule has 0 saturated carbocycles. The first-order valence-electron chi connectivity index (χ1n) is 4.21. The Bertz CT molecular complexity index is 308. The summed E-state index contributed by atoms with van der Waals surface area (Å²) < 4.78 is 18.4. The summed E-state index contributed by atoms with van der Waals surface area (Å²) in [7, 11) is 0. The van der Waals surface area contributed by atoms with E-state index in [1.54, 1.807) is 12.1 Å². The number of benzene rings is 1. The van der Waals surface area contributed by atoms with Crippen LogP contribution in [0.25, 0.3) is 0 Å². The maximum atomic E-state index is 13.0. The lowest BCUT2D eigenvalue weighted by Crippen LogP contribution is -1.97. The second-order valence-electron chi connectivity index (χ2n) is 3.00. The van der Waals surface area contributed by atoms with Gasteiger partial charge in [-0.25, -0.2) is 4.39 Å². The van der Waals surface area contributed by atoms with Gasteiger partial charge in [-0.3, -0.25) is 0 Å². The van der Waals surface area contributed by atoms with Gasteiger partial charge in [0.1, 0.15) is 11.9 Å². The van der Waals surface area contributed by atoms with Crippen LogP contribution in [0.1, 0.15) is 18.4 Å². The molecule has 1 aromatic carbocycles. The highest BCUT2D eigenvalue weighted by Gasteiger charge is 2.19. The second-order valence-corrected chi connectivity index (χ2v) is 3.41. The number of hydrogen-bond donors (Lipinski definition) is 0. The van der Waals surface area contributed by atoms with Crippen LogP contribution in [0.4, 0.5) is 4.39 Å². The highest BCUT2D eigenvalue weighted by molar-refractivity contribution is 6.30. The van der Waals surface area contributed by atoms with E-state index in [9.17, 15) is 4.39 Å². The summed E-state index contributed by atoms with van der Waals surface area (Å²) in [6.07, 6.45) is 2.77. The third kappa shape index (κ3) is 1.84.